The summed E-state index contributed by atoms with van der Waals surface area (Å²) >= 11 is 0. The molecule has 0 N–H and O–H groups in total. The fourth-order valence-electron chi connectivity index (χ4n) is 2.13. The van der Waals surface area contributed by atoms with Crippen LogP contribution in [0.2, 0.25) is 0 Å². The average molecular weight is 219 g/mol. The molecule has 0 aromatic rings. The Balaban J connectivity index is 2.28. The normalized spacial score (nSPS) is 17.0. The third-order valence-corrected chi connectivity index (χ3v) is 3.35. The summed E-state index contributed by atoms with van der Waals surface area (Å²) in [6.07, 6.45) is 17.4. The van der Waals surface area contributed by atoms with Gasteiger partial charge in [0.05, 0.1) is 0 Å². The van der Waals surface area contributed by atoms with Gasteiger partial charge in [-0.3, -0.25) is 4.99 Å². The van der Waals surface area contributed by atoms with Gasteiger partial charge in [-0.15, -0.1) is 0 Å². The van der Waals surface area contributed by atoms with E-state index in [1.165, 1.54) is 44.1 Å². The van der Waals surface area contributed by atoms with Crippen LogP contribution >= 0.6 is 0 Å². The Hall–Kier alpha value is -0.850. The molecule has 0 spiro atoms. The third kappa shape index (κ3) is 5.29. The van der Waals surface area contributed by atoms with Gasteiger partial charge in [0.15, 0.2) is 0 Å². The lowest BCUT2D eigenvalue weighted by Crippen LogP contribution is -1.99. The second kappa shape index (κ2) is 8.32. The molecule has 1 rings (SSSR count). The quantitative estimate of drug-likeness (QED) is 0.577. The van der Waals surface area contributed by atoms with Crippen molar-refractivity contribution in [1.82, 2.24) is 0 Å². The lowest BCUT2D eigenvalue weighted by Gasteiger charge is -2.14. The minimum atomic E-state index is 0.915. The van der Waals surface area contributed by atoms with Crippen LogP contribution in [0.1, 0.15) is 58.8 Å². The van der Waals surface area contributed by atoms with Gasteiger partial charge in [-0.05, 0) is 24.8 Å². The molecular weight excluding hydrogens is 194 g/mol. The van der Waals surface area contributed by atoms with E-state index in [1.807, 2.05) is 12.4 Å². The molecule has 0 aromatic carbocycles. The first kappa shape index (κ1) is 13.2. The topological polar surface area (TPSA) is 12.4 Å². The third-order valence-electron chi connectivity index (χ3n) is 3.35. The number of nitrogens with zero attached hydrogens (tertiary/aromatic N) is 1. The first-order valence-electron chi connectivity index (χ1n) is 6.74. The van der Waals surface area contributed by atoms with Gasteiger partial charge in [0, 0.05) is 18.8 Å². The molecule has 0 fully saturated rings. The van der Waals surface area contributed by atoms with E-state index in [-0.39, 0.29) is 0 Å². The maximum Gasteiger partial charge on any atom is 0.0266 e. The van der Waals surface area contributed by atoms with Crippen molar-refractivity contribution in [2.75, 3.05) is 0 Å². The number of rotatable bonds is 7. The number of hydrogen-bond acceptors (Lipinski definition) is 1. The molecule has 1 heterocycles. The average Bonchev–Trinajstić information content (AvgIpc) is 2.58. The standard InChI is InChI=1S/C15H25N/c1-3-5-7-14(4-2)9-10-15-8-6-12-16-13-11-15/h8,11-14H,3-7,9-10H2,1-2H3. The Morgan fingerprint density at radius 3 is 2.94 bits per heavy atom. The van der Waals surface area contributed by atoms with Crippen LogP contribution in [0.15, 0.2) is 28.9 Å². The maximum absolute atomic E-state index is 4.16. The zero-order chi connectivity index (χ0) is 11.6. The van der Waals surface area contributed by atoms with Crippen LogP contribution in [0.4, 0.5) is 0 Å². The molecule has 1 aliphatic heterocycles. The van der Waals surface area contributed by atoms with Crippen molar-refractivity contribution >= 4 is 6.21 Å². The minimum Gasteiger partial charge on any atom is -0.269 e. The largest absolute Gasteiger partial charge is 0.269 e. The summed E-state index contributed by atoms with van der Waals surface area (Å²) in [6.45, 7) is 4.60. The number of aliphatic imine (C=N–C) groups is 1. The van der Waals surface area contributed by atoms with Crippen molar-refractivity contribution in [3.8, 4) is 0 Å². The van der Waals surface area contributed by atoms with Gasteiger partial charge >= 0.3 is 0 Å². The fourth-order valence-corrected chi connectivity index (χ4v) is 2.13. The highest BCUT2D eigenvalue weighted by Gasteiger charge is 2.06. The van der Waals surface area contributed by atoms with Gasteiger partial charge in [-0.1, -0.05) is 51.2 Å². The Kier molecular flexibility index (Phi) is 6.87. The Labute approximate surface area is 100 Å². The van der Waals surface area contributed by atoms with Crippen molar-refractivity contribution in [2.24, 2.45) is 10.9 Å². The van der Waals surface area contributed by atoms with Crippen molar-refractivity contribution in [3.63, 3.8) is 0 Å². The summed E-state index contributed by atoms with van der Waals surface area (Å²) in [5.74, 6) is 0.915. The molecule has 1 aliphatic rings. The molecule has 0 saturated heterocycles. The van der Waals surface area contributed by atoms with E-state index in [4.69, 9.17) is 0 Å². The molecule has 90 valence electrons. The second-order valence-electron chi connectivity index (χ2n) is 4.62. The Bertz CT molecular complexity index is 261. The van der Waals surface area contributed by atoms with E-state index in [9.17, 15) is 0 Å². The molecule has 0 radical (unpaired) electrons. The molecule has 1 atom stereocenters. The van der Waals surface area contributed by atoms with Crippen molar-refractivity contribution in [2.45, 2.75) is 58.8 Å². The summed E-state index contributed by atoms with van der Waals surface area (Å²) in [5.41, 5.74) is 1.47. The van der Waals surface area contributed by atoms with E-state index in [0.717, 1.165) is 12.3 Å². The van der Waals surface area contributed by atoms with Crippen molar-refractivity contribution in [1.29, 1.82) is 0 Å². The smallest absolute Gasteiger partial charge is 0.0266 e. The fraction of sp³-hybridized carbons (Fsp3) is 0.667. The molecule has 1 unspecified atom stereocenters. The van der Waals surface area contributed by atoms with Gasteiger partial charge in [0.25, 0.3) is 0 Å². The molecule has 0 amide bonds. The van der Waals surface area contributed by atoms with Crippen LogP contribution in [0.3, 0.4) is 0 Å². The molecule has 0 bridgehead atoms. The highest BCUT2D eigenvalue weighted by molar-refractivity contribution is 5.61. The van der Waals surface area contributed by atoms with Gasteiger partial charge < -0.3 is 0 Å². The first-order chi connectivity index (χ1) is 7.86. The van der Waals surface area contributed by atoms with E-state index in [2.05, 4.69) is 31.0 Å². The van der Waals surface area contributed by atoms with Crippen LogP contribution in [0.25, 0.3) is 0 Å². The van der Waals surface area contributed by atoms with Crippen LogP contribution in [-0.2, 0) is 0 Å². The minimum absolute atomic E-state index is 0.915. The van der Waals surface area contributed by atoms with Gasteiger partial charge in [0.2, 0.25) is 0 Å². The van der Waals surface area contributed by atoms with E-state index in [0.29, 0.717) is 0 Å². The number of hydrogen-bond donors (Lipinski definition) is 0. The van der Waals surface area contributed by atoms with Crippen LogP contribution in [0.5, 0.6) is 0 Å². The first-order valence-corrected chi connectivity index (χ1v) is 6.74. The number of unbranched alkanes of at least 4 members (excludes halogenated alkanes) is 1. The van der Waals surface area contributed by atoms with Gasteiger partial charge in [-0.2, -0.15) is 0 Å². The SMILES string of the molecule is CCCCC(CC)CCC1=CCC=NC=C1. The molecule has 0 aliphatic carbocycles. The van der Waals surface area contributed by atoms with Crippen molar-refractivity contribution in [3.05, 3.63) is 23.9 Å². The van der Waals surface area contributed by atoms with E-state index >= 15 is 0 Å². The van der Waals surface area contributed by atoms with Gasteiger partial charge in [-0.25, -0.2) is 0 Å². The summed E-state index contributed by atoms with van der Waals surface area (Å²) in [6, 6.07) is 0. The summed E-state index contributed by atoms with van der Waals surface area (Å²) in [5, 5.41) is 0. The van der Waals surface area contributed by atoms with Crippen LogP contribution in [-0.4, -0.2) is 6.21 Å². The maximum atomic E-state index is 4.16. The molecule has 16 heavy (non-hydrogen) atoms. The molecule has 1 heteroatoms. The second-order valence-corrected chi connectivity index (χ2v) is 4.62. The predicted molar refractivity (Wildman–Crippen MR) is 72.9 cm³/mol. The zero-order valence-electron chi connectivity index (χ0n) is 10.8. The molecule has 0 aromatic heterocycles. The van der Waals surface area contributed by atoms with Crippen LogP contribution < -0.4 is 0 Å². The monoisotopic (exact) mass is 219 g/mol. The zero-order valence-corrected chi connectivity index (χ0v) is 10.8. The molecule has 1 nitrogen and oxygen atoms in total. The lowest BCUT2D eigenvalue weighted by atomic mass is 9.92. The Morgan fingerprint density at radius 2 is 2.19 bits per heavy atom. The molecular formula is C15H25N. The van der Waals surface area contributed by atoms with E-state index < -0.39 is 0 Å². The number of allylic oxidation sites excluding steroid dienone is 3. The predicted octanol–water partition coefficient (Wildman–Crippen LogP) is 4.90. The van der Waals surface area contributed by atoms with Crippen molar-refractivity contribution < 1.29 is 0 Å². The highest BCUT2D eigenvalue weighted by atomic mass is 14.7. The summed E-state index contributed by atoms with van der Waals surface area (Å²) in [4.78, 5) is 4.16. The lowest BCUT2D eigenvalue weighted by molar-refractivity contribution is 0.422. The van der Waals surface area contributed by atoms with E-state index in [1.54, 1.807) is 0 Å². The van der Waals surface area contributed by atoms with Crippen LogP contribution in [0, 0.1) is 5.92 Å². The summed E-state index contributed by atoms with van der Waals surface area (Å²) < 4.78 is 0. The highest BCUT2D eigenvalue weighted by Crippen LogP contribution is 2.22. The van der Waals surface area contributed by atoms with Gasteiger partial charge in [0.1, 0.15) is 0 Å². The Morgan fingerprint density at radius 1 is 1.31 bits per heavy atom. The summed E-state index contributed by atoms with van der Waals surface area (Å²) in [7, 11) is 0. The molecule has 0 saturated carbocycles.